The first-order valence-corrected chi connectivity index (χ1v) is 3.70. The van der Waals surface area contributed by atoms with Gasteiger partial charge in [0.15, 0.2) is 0 Å². The molecule has 0 aliphatic rings. The lowest BCUT2D eigenvalue weighted by Gasteiger charge is -2.22. The van der Waals surface area contributed by atoms with Crippen LogP contribution < -0.4 is 0 Å². The zero-order valence-corrected chi connectivity index (χ0v) is 7.00. The fraction of sp³-hybridized carbons (Fsp3) is 1.00. The topological polar surface area (TPSA) is 58.6 Å². The summed E-state index contributed by atoms with van der Waals surface area (Å²) in [6.07, 6.45) is 0.392. The molecule has 0 heterocycles. The largest absolute Gasteiger partial charge is 0.344 e. The number of ether oxygens (including phenoxy) is 2. The molecule has 0 aromatic heterocycles. The first-order chi connectivity index (χ1) is 5.12. The van der Waals surface area contributed by atoms with Crippen molar-refractivity contribution in [2.75, 3.05) is 19.8 Å². The Balaban J connectivity index is 3.38. The van der Waals surface area contributed by atoms with Crippen LogP contribution in [0.15, 0.2) is 0 Å². The second kappa shape index (κ2) is 5.49. The van der Waals surface area contributed by atoms with Gasteiger partial charge in [-0.1, -0.05) is 0 Å². The smallest absolute Gasteiger partial charge is 0.277 e. The molecule has 1 radical (unpaired) electrons. The summed E-state index contributed by atoms with van der Waals surface area (Å²) in [5.41, 5.74) is 0. The molecule has 0 aromatic carbocycles. The average molecular weight is 163 g/mol. The van der Waals surface area contributed by atoms with Crippen LogP contribution in [0.25, 0.3) is 0 Å². The lowest BCUT2D eigenvalue weighted by molar-refractivity contribution is -0.347. The molecule has 1 N–H and O–H groups in total. The quantitative estimate of drug-likeness (QED) is 0.459. The Hall–Kier alpha value is -0.160. The molecule has 0 saturated heterocycles. The highest BCUT2D eigenvalue weighted by atomic mass is 16.8. The van der Waals surface area contributed by atoms with Crippen LogP contribution in [-0.4, -0.2) is 30.9 Å². The third-order valence-electron chi connectivity index (χ3n) is 1.07. The van der Waals surface area contributed by atoms with Crippen molar-refractivity contribution in [3.63, 3.8) is 0 Å². The van der Waals surface area contributed by atoms with E-state index in [0.717, 1.165) is 0 Å². The molecule has 11 heavy (non-hydrogen) atoms. The van der Waals surface area contributed by atoms with E-state index in [2.05, 4.69) is 0 Å². The highest BCUT2D eigenvalue weighted by Crippen LogP contribution is 2.07. The summed E-state index contributed by atoms with van der Waals surface area (Å²) in [7, 11) is 0. The normalized spacial score (nSPS) is 16.4. The van der Waals surface area contributed by atoms with Crippen molar-refractivity contribution in [2.24, 2.45) is 0 Å². The summed E-state index contributed by atoms with van der Waals surface area (Å²) in [5, 5.41) is 19.2. The Morgan fingerprint density at radius 1 is 1.45 bits per heavy atom. The third-order valence-corrected chi connectivity index (χ3v) is 1.07. The molecule has 0 bridgehead atoms. The van der Waals surface area contributed by atoms with Crippen molar-refractivity contribution in [1.29, 1.82) is 0 Å². The van der Waals surface area contributed by atoms with Gasteiger partial charge in [-0.3, -0.25) is 0 Å². The van der Waals surface area contributed by atoms with Crippen molar-refractivity contribution in [3.05, 3.63) is 0 Å². The Bertz CT molecular complexity index is 92.4. The third kappa shape index (κ3) is 6.25. The molecule has 0 amide bonds. The Morgan fingerprint density at radius 3 is 2.55 bits per heavy atom. The van der Waals surface area contributed by atoms with Gasteiger partial charge in [0.05, 0.1) is 13.2 Å². The molecule has 1 atom stereocenters. The first kappa shape index (κ1) is 10.8. The molecule has 0 aliphatic heterocycles. The summed E-state index contributed by atoms with van der Waals surface area (Å²) >= 11 is 0. The van der Waals surface area contributed by atoms with Gasteiger partial charge in [-0.2, -0.15) is 0 Å². The van der Waals surface area contributed by atoms with Crippen molar-refractivity contribution in [1.82, 2.24) is 0 Å². The number of aliphatic hydroxyl groups is 1. The molecule has 4 nitrogen and oxygen atoms in total. The van der Waals surface area contributed by atoms with E-state index in [4.69, 9.17) is 9.47 Å². The Kier molecular flexibility index (Phi) is 5.41. The number of hydrogen-bond donors (Lipinski definition) is 1. The van der Waals surface area contributed by atoms with Crippen molar-refractivity contribution in [3.8, 4) is 0 Å². The van der Waals surface area contributed by atoms with Gasteiger partial charge in [-0.05, 0) is 13.3 Å². The second-order valence-electron chi connectivity index (χ2n) is 2.24. The van der Waals surface area contributed by atoms with Gasteiger partial charge >= 0.3 is 0 Å². The molecule has 0 aromatic rings. The second-order valence-corrected chi connectivity index (χ2v) is 2.24. The molecular weight excluding hydrogens is 148 g/mol. The van der Waals surface area contributed by atoms with Crippen LogP contribution in [0.4, 0.5) is 0 Å². The molecule has 67 valence electrons. The minimum absolute atomic E-state index is 0.192. The molecule has 0 aliphatic carbocycles. The molecule has 1 unspecified atom stereocenters. The maximum absolute atomic E-state index is 9.97. The van der Waals surface area contributed by atoms with Crippen LogP contribution in [-0.2, 0) is 14.6 Å². The molecule has 4 heteroatoms. The van der Waals surface area contributed by atoms with E-state index in [9.17, 15) is 10.2 Å². The van der Waals surface area contributed by atoms with Crippen LogP contribution in [0.2, 0.25) is 0 Å². The van der Waals surface area contributed by atoms with Crippen LogP contribution in [0.3, 0.4) is 0 Å². The molecule has 0 fully saturated rings. The first-order valence-electron chi connectivity index (χ1n) is 3.70. The number of rotatable bonds is 6. The van der Waals surface area contributed by atoms with Gasteiger partial charge < -0.3 is 14.6 Å². The molecular formula is C7H15O4. The summed E-state index contributed by atoms with van der Waals surface area (Å²) in [6.45, 7) is 3.58. The van der Waals surface area contributed by atoms with Crippen molar-refractivity contribution >= 4 is 0 Å². The number of hydrogen-bond acceptors (Lipinski definition) is 3. The zero-order valence-electron chi connectivity index (χ0n) is 7.00. The Labute approximate surface area is 66.7 Å². The van der Waals surface area contributed by atoms with Gasteiger partial charge in [0.2, 0.25) is 0 Å². The summed E-state index contributed by atoms with van der Waals surface area (Å²) in [6, 6.07) is 0. The van der Waals surface area contributed by atoms with Gasteiger partial charge in [-0.25, -0.2) is 5.11 Å². The molecule has 0 spiro atoms. The van der Waals surface area contributed by atoms with Gasteiger partial charge in [0.25, 0.3) is 5.97 Å². The van der Waals surface area contributed by atoms with Gasteiger partial charge in [0.1, 0.15) is 0 Å². The fourth-order valence-corrected chi connectivity index (χ4v) is 0.630. The van der Waals surface area contributed by atoms with E-state index in [1.54, 1.807) is 6.92 Å². The summed E-state index contributed by atoms with van der Waals surface area (Å²) < 4.78 is 9.65. The average Bonchev–Trinajstić information content (AvgIpc) is 1.87. The maximum atomic E-state index is 9.97. The van der Waals surface area contributed by atoms with E-state index in [1.165, 1.54) is 6.92 Å². The van der Waals surface area contributed by atoms with E-state index in [-0.39, 0.29) is 13.2 Å². The molecule has 0 saturated carbocycles. The minimum atomic E-state index is -1.54. The predicted octanol–water partition coefficient (Wildman–Crippen LogP) is 0.526. The molecule has 0 rings (SSSR count). The zero-order chi connectivity index (χ0) is 8.74. The maximum Gasteiger partial charge on any atom is 0.277 e. The summed E-state index contributed by atoms with van der Waals surface area (Å²) in [5.74, 6) is -1.54. The monoisotopic (exact) mass is 163 g/mol. The SMILES string of the molecule is CCOC(C)(O)OCCC[O]. The van der Waals surface area contributed by atoms with E-state index in [0.29, 0.717) is 13.0 Å². The van der Waals surface area contributed by atoms with Crippen LogP contribution in [0, 0.1) is 0 Å². The van der Waals surface area contributed by atoms with Crippen molar-refractivity contribution in [2.45, 2.75) is 26.2 Å². The highest BCUT2D eigenvalue weighted by Gasteiger charge is 2.19. The van der Waals surface area contributed by atoms with E-state index < -0.39 is 5.97 Å². The highest BCUT2D eigenvalue weighted by molar-refractivity contribution is 4.42. The summed E-state index contributed by atoms with van der Waals surface area (Å²) in [4.78, 5) is 0. The Morgan fingerprint density at radius 2 is 2.09 bits per heavy atom. The van der Waals surface area contributed by atoms with E-state index >= 15 is 0 Å². The predicted molar refractivity (Wildman–Crippen MR) is 38.4 cm³/mol. The van der Waals surface area contributed by atoms with Gasteiger partial charge in [0, 0.05) is 13.5 Å². The lowest BCUT2D eigenvalue weighted by atomic mass is 10.5. The minimum Gasteiger partial charge on any atom is -0.344 e. The fourth-order valence-electron chi connectivity index (χ4n) is 0.630. The van der Waals surface area contributed by atoms with Crippen LogP contribution in [0.1, 0.15) is 20.3 Å². The van der Waals surface area contributed by atoms with Crippen molar-refractivity contribution < 1.29 is 19.7 Å². The van der Waals surface area contributed by atoms with Crippen LogP contribution in [0.5, 0.6) is 0 Å². The van der Waals surface area contributed by atoms with Crippen LogP contribution >= 0.6 is 0 Å². The van der Waals surface area contributed by atoms with Gasteiger partial charge in [-0.15, -0.1) is 0 Å². The standard InChI is InChI=1S/C7H15O4/c1-3-10-7(2,9)11-6-4-5-8/h9H,3-6H2,1-2H3. The van der Waals surface area contributed by atoms with E-state index in [1.807, 2.05) is 0 Å². The lowest BCUT2D eigenvalue weighted by Crippen LogP contribution is -2.32.